The number of aromatic nitrogens is 3. The fraction of sp³-hybridized carbons (Fsp3) is 0.667. The molecule has 2 aliphatic rings. The van der Waals surface area contributed by atoms with E-state index in [2.05, 4.69) is 20.5 Å². The molecule has 0 aromatic carbocycles. The molecule has 1 atom stereocenters. The van der Waals surface area contributed by atoms with E-state index in [0.29, 0.717) is 24.7 Å². The zero-order chi connectivity index (χ0) is 13.4. The van der Waals surface area contributed by atoms with Crippen LogP contribution in [0, 0.1) is 18.8 Å². The third-order valence-corrected chi connectivity index (χ3v) is 3.59. The molecule has 3 rings (SSSR count). The molecule has 1 unspecified atom stereocenters. The molecule has 7 heteroatoms. The van der Waals surface area contributed by atoms with Gasteiger partial charge in [0.15, 0.2) is 0 Å². The highest BCUT2D eigenvalue weighted by molar-refractivity contribution is 5.96. The van der Waals surface area contributed by atoms with E-state index >= 15 is 0 Å². The molecule has 1 aliphatic carbocycles. The molecule has 19 heavy (non-hydrogen) atoms. The summed E-state index contributed by atoms with van der Waals surface area (Å²) in [5.74, 6) is 1.19. The van der Waals surface area contributed by atoms with Crippen molar-refractivity contribution >= 4 is 17.8 Å². The second kappa shape index (κ2) is 4.64. The second-order valence-electron chi connectivity index (χ2n) is 5.38. The van der Waals surface area contributed by atoms with Gasteiger partial charge >= 0.3 is 0 Å². The summed E-state index contributed by atoms with van der Waals surface area (Å²) >= 11 is 0. The van der Waals surface area contributed by atoms with Gasteiger partial charge in [-0.25, -0.2) is 0 Å². The Morgan fingerprint density at radius 1 is 1.53 bits per heavy atom. The summed E-state index contributed by atoms with van der Waals surface area (Å²) in [6.07, 6.45) is 2.70. The van der Waals surface area contributed by atoms with Crippen LogP contribution in [-0.4, -0.2) is 45.0 Å². The van der Waals surface area contributed by atoms with Crippen LogP contribution >= 0.6 is 0 Å². The van der Waals surface area contributed by atoms with E-state index in [0.717, 1.165) is 6.54 Å². The van der Waals surface area contributed by atoms with Crippen LogP contribution in [0.1, 0.15) is 25.1 Å². The Balaban J connectivity index is 1.57. The SMILES string of the molecule is Cc1nc(NC(=O)C2CC(=O)N(CC3CC3)C2)n[nH]1. The normalized spacial score (nSPS) is 22.9. The van der Waals surface area contributed by atoms with Gasteiger partial charge < -0.3 is 4.90 Å². The van der Waals surface area contributed by atoms with Crippen molar-refractivity contribution in [3.63, 3.8) is 0 Å². The van der Waals surface area contributed by atoms with E-state index in [1.165, 1.54) is 12.8 Å². The molecule has 2 heterocycles. The molecule has 2 fully saturated rings. The van der Waals surface area contributed by atoms with Crippen molar-refractivity contribution in [1.82, 2.24) is 20.1 Å². The molecule has 7 nitrogen and oxygen atoms in total. The van der Waals surface area contributed by atoms with E-state index in [9.17, 15) is 9.59 Å². The van der Waals surface area contributed by atoms with Gasteiger partial charge in [-0.15, -0.1) is 5.10 Å². The van der Waals surface area contributed by atoms with Gasteiger partial charge in [0.1, 0.15) is 5.82 Å². The van der Waals surface area contributed by atoms with Crippen molar-refractivity contribution in [2.24, 2.45) is 11.8 Å². The maximum atomic E-state index is 12.0. The number of hydrogen-bond donors (Lipinski definition) is 2. The first-order chi connectivity index (χ1) is 9.11. The Bertz CT molecular complexity index is 508. The van der Waals surface area contributed by atoms with E-state index in [4.69, 9.17) is 0 Å². The molecule has 102 valence electrons. The topological polar surface area (TPSA) is 91.0 Å². The number of likely N-dealkylation sites (tertiary alicyclic amines) is 1. The molecule has 1 aromatic rings. The minimum atomic E-state index is -0.287. The third kappa shape index (κ3) is 2.74. The molecule has 1 saturated carbocycles. The quantitative estimate of drug-likeness (QED) is 0.818. The van der Waals surface area contributed by atoms with Crippen LogP contribution < -0.4 is 5.32 Å². The monoisotopic (exact) mass is 263 g/mol. The van der Waals surface area contributed by atoms with Gasteiger partial charge in [-0.3, -0.25) is 20.0 Å². The number of anilines is 1. The lowest BCUT2D eigenvalue weighted by Gasteiger charge is -2.15. The highest BCUT2D eigenvalue weighted by Crippen LogP contribution is 2.32. The molecule has 1 saturated heterocycles. The molecule has 0 spiro atoms. The number of aromatic amines is 1. The van der Waals surface area contributed by atoms with Crippen LogP contribution in [0.4, 0.5) is 5.95 Å². The standard InChI is InChI=1S/C12H17N5O2/c1-7-13-12(16-15-7)14-11(19)9-4-10(18)17(6-9)5-8-2-3-8/h8-9H,2-6H2,1H3,(H2,13,14,15,16,19). The van der Waals surface area contributed by atoms with Crippen molar-refractivity contribution in [2.75, 3.05) is 18.4 Å². The summed E-state index contributed by atoms with van der Waals surface area (Å²) in [5, 5.41) is 9.16. The Morgan fingerprint density at radius 2 is 2.32 bits per heavy atom. The number of rotatable bonds is 4. The van der Waals surface area contributed by atoms with E-state index in [1.54, 1.807) is 6.92 Å². The molecule has 0 bridgehead atoms. The minimum absolute atomic E-state index is 0.0817. The predicted octanol–water partition coefficient (Wildman–Crippen LogP) is 0.310. The van der Waals surface area contributed by atoms with Crippen molar-refractivity contribution in [3.8, 4) is 0 Å². The number of nitrogens with one attached hydrogen (secondary N) is 2. The summed E-state index contributed by atoms with van der Waals surface area (Å²) in [6, 6.07) is 0. The Morgan fingerprint density at radius 3 is 2.95 bits per heavy atom. The first-order valence-electron chi connectivity index (χ1n) is 6.59. The molecule has 1 aliphatic heterocycles. The van der Waals surface area contributed by atoms with Gasteiger partial charge in [-0.2, -0.15) is 4.98 Å². The van der Waals surface area contributed by atoms with Crippen LogP contribution in [0.3, 0.4) is 0 Å². The predicted molar refractivity (Wildman–Crippen MR) is 67.2 cm³/mol. The Hall–Kier alpha value is -1.92. The number of carbonyl (C=O) groups excluding carboxylic acids is 2. The van der Waals surface area contributed by atoms with Crippen LogP contribution in [0.15, 0.2) is 0 Å². The van der Waals surface area contributed by atoms with E-state index in [-0.39, 0.29) is 23.7 Å². The first-order valence-corrected chi connectivity index (χ1v) is 6.59. The highest BCUT2D eigenvalue weighted by atomic mass is 16.2. The third-order valence-electron chi connectivity index (χ3n) is 3.59. The average molecular weight is 263 g/mol. The number of aryl methyl sites for hydroxylation is 1. The molecule has 0 radical (unpaired) electrons. The van der Waals surface area contributed by atoms with Crippen LogP contribution in [0.25, 0.3) is 0 Å². The number of H-pyrrole nitrogens is 1. The van der Waals surface area contributed by atoms with E-state index < -0.39 is 0 Å². The van der Waals surface area contributed by atoms with Gasteiger partial charge in [0.05, 0.1) is 5.92 Å². The number of carbonyl (C=O) groups is 2. The van der Waals surface area contributed by atoms with Crippen molar-refractivity contribution < 1.29 is 9.59 Å². The first kappa shape index (κ1) is 12.1. The summed E-state index contributed by atoms with van der Waals surface area (Å²) < 4.78 is 0. The molecule has 1 aromatic heterocycles. The highest BCUT2D eigenvalue weighted by Gasteiger charge is 2.37. The summed E-state index contributed by atoms with van der Waals surface area (Å²) in [6.45, 7) is 3.09. The number of amides is 2. The Kier molecular flexibility index (Phi) is 2.96. The van der Waals surface area contributed by atoms with Crippen LogP contribution in [0.2, 0.25) is 0 Å². The minimum Gasteiger partial charge on any atom is -0.342 e. The maximum Gasteiger partial charge on any atom is 0.248 e. The summed E-state index contributed by atoms with van der Waals surface area (Å²) in [7, 11) is 0. The van der Waals surface area contributed by atoms with Crippen LogP contribution in [-0.2, 0) is 9.59 Å². The lowest BCUT2D eigenvalue weighted by Crippen LogP contribution is -2.30. The molecule has 2 amide bonds. The fourth-order valence-electron chi connectivity index (χ4n) is 2.35. The summed E-state index contributed by atoms with van der Waals surface area (Å²) in [4.78, 5) is 29.7. The van der Waals surface area contributed by atoms with Crippen molar-refractivity contribution in [2.45, 2.75) is 26.2 Å². The lowest BCUT2D eigenvalue weighted by molar-refractivity contribution is -0.128. The number of hydrogen-bond acceptors (Lipinski definition) is 4. The zero-order valence-electron chi connectivity index (χ0n) is 10.8. The smallest absolute Gasteiger partial charge is 0.248 e. The van der Waals surface area contributed by atoms with Crippen LogP contribution in [0.5, 0.6) is 0 Å². The maximum absolute atomic E-state index is 12.0. The molecular weight excluding hydrogens is 246 g/mol. The largest absolute Gasteiger partial charge is 0.342 e. The second-order valence-corrected chi connectivity index (χ2v) is 5.38. The fourth-order valence-corrected chi connectivity index (χ4v) is 2.35. The van der Waals surface area contributed by atoms with Crippen molar-refractivity contribution in [1.29, 1.82) is 0 Å². The molecule has 2 N–H and O–H groups in total. The average Bonchev–Trinajstić information content (AvgIpc) is 2.97. The molecular formula is C12H17N5O2. The lowest BCUT2D eigenvalue weighted by atomic mass is 10.1. The Labute approximate surface area is 110 Å². The summed E-state index contributed by atoms with van der Waals surface area (Å²) in [5.41, 5.74) is 0. The van der Waals surface area contributed by atoms with Gasteiger partial charge in [0.2, 0.25) is 17.8 Å². The van der Waals surface area contributed by atoms with Gasteiger partial charge in [0.25, 0.3) is 0 Å². The van der Waals surface area contributed by atoms with Gasteiger partial charge in [0, 0.05) is 19.5 Å². The van der Waals surface area contributed by atoms with E-state index in [1.807, 2.05) is 4.90 Å². The van der Waals surface area contributed by atoms with Crippen molar-refractivity contribution in [3.05, 3.63) is 5.82 Å². The zero-order valence-corrected chi connectivity index (χ0v) is 10.8. The van der Waals surface area contributed by atoms with Gasteiger partial charge in [-0.1, -0.05) is 0 Å². The number of nitrogens with zero attached hydrogens (tertiary/aromatic N) is 3. The van der Waals surface area contributed by atoms with Gasteiger partial charge in [-0.05, 0) is 25.7 Å².